The fraction of sp³-hybridized carbons (Fsp3) is 0.588. The summed E-state index contributed by atoms with van der Waals surface area (Å²) in [6, 6.07) is 7.77. The van der Waals surface area contributed by atoms with Gasteiger partial charge in [-0.25, -0.2) is 0 Å². The van der Waals surface area contributed by atoms with Gasteiger partial charge in [-0.2, -0.15) is 0 Å². The first-order valence-corrected chi connectivity index (χ1v) is 7.48. The van der Waals surface area contributed by atoms with E-state index in [9.17, 15) is 4.79 Å². The molecule has 1 aliphatic heterocycles. The molecule has 1 amide bonds. The molecule has 0 N–H and O–H groups in total. The van der Waals surface area contributed by atoms with Crippen molar-refractivity contribution < 1.29 is 14.3 Å². The van der Waals surface area contributed by atoms with Gasteiger partial charge in [0.15, 0.2) is 5.60 Å². The predicted molar refractivity (Wildman–Crippen MR) is 82.5 cm³/mol. The first kappa shape index (κ1) is 15.8. The Morgan fingerprint density at radius 1 is 1.29 bits per heavy atom. The van der Waals surface area contributed by atoms with Crippen LogP contribution >= 0.6 is 0 Å². The molecule has 0 radical (unpaired) electrons. The van der Waals surface area contributed by atoms with Crippen molar-refractivity contribution in [3.05, 3.63) is 29.8 Å². The number of benzene rings is 1. The Balaban J connectivity index is 2.09. The van der Waals surface area contributed by atoms with Gasteiger partial charge in [-0.05, 0) is 52.3 Å². The summed E-state index contributed by atoms with van der Waals surface area (Å²) in [7, 11) is 0. The van der Waals surface area contributed by atoms with Crippen LogP contribution in [-0.4, -0.2) is 41.7 Å². The second kappa shape index (κ2) is 6.06. The highest BCUT2D eigenvalue weighted by molar-refractivity contribution is 5.85. The lowest BCUT2D eigenvalue weighted by molar-refractivity contribution is -0.156. The van der Waals surface area contributed by atoms with E-state index in [4.69, 9.17) is 9.47 Å². The van der Waals surface area contributed by atoms with Crippen LogP contribution in [0.3, 0.4) is 0 Å². The Hall–Kier alpha value is -1.55. The Morgan fingerprint density at radius 3 is 2.48 bits per heavy atom. The summed E-state index contributed by atoms with van der Waals surface area (Å²) in [4.78, 5) is 14.6. The number of ether oxygens (including phenoxy) is 2. The molecule has 1 saturated heterocycles. The van der Waals surface area contributed by atoms with Crippen LogP contribution in [0.1, 0.15) is 33.3 Å². The van der Waals surface area contributed by atoms with Crippen LogP contribution < -0.4 is 4.74 Å². The number of aryl methyl sites for hydroxylation is 1. The normalized spacial score (nSPS) is 23.0. The molecule has 0 aromatic heterocycles. The monoisotopic (exact) mass is 291 g/mol. The van der Waals surface area contributed by atoms with Crippen LogP contribution in [0, 0.1) is 6.92 Å². The van der Waals surface area contributed by atoms with Crippen molar-refractivity contribution in [2.24, 2.45) is 0 Å². The van der Waals surface area contributed by atoms with Gasteiger partial charge in [0.25, 0.3) is 5.91 Å². The number of carbonyl (C=O) groups excluding carboxylic acids is 1. The number of rotatable bonds is 3. The molecular weight excluding hydrogens is 266 g/mol. The summed E-state index contributed by atoms with van der Waals surface area (Å²) in [5.74, 6) is 0.730. The van der Waals surface area contributed by atoms with Crippen LogP contribution in [0.25, 0.3) is 0 Å². The van der Waals surface area contributed by atoms with Gasteiger partial charge in [0, 0.05) is 13.1 Å². The number of morpholine rings is 1. The van der Waals surface area contributed by atoms with Crippen molar-refractivity contribution in [2.45, 2.75) is 52.4 Å². The maximum Gasteiger partial charge on any atom is 0.266 e. The van der Waals surface area contributed by atoms with Gasteiger partial charge in [-0.3, -0.25) is 4.79 Å². The van der Waals surface area contributed by atoms with Crippen LogP contribution in [-0.2, 0) is 9.53 Å². The molecule has 4 heteroatoms. The van der Waals surface area contributed by atoms with Crippen LogP contribution in [0.15, 0.2) is 24.3 Å². The van der Waals surface area contributed by atoms with E-state index in [0.717, 1.165) is 11.3 Å². The molecule has 0 unspecified atom stereocenters. The van der Waals surface area contributed by atoms with E-state index in [1.165, 1.54) is 0 Å². The summed E-state index contributed by atoms with van der Waals surface area (Å²) >= 11 is 0. The summed E-state index contributed by atoms with van der Waals surface area (Å²) in [5.41, 5.74) is 0.231. The fourth-order valence-electron chi connectivity index (χ4n) is 2.74. The molecule has 21 heavy (non-hydrogen) atoms. The van der Waals surface area contributed by atoms with Crippen LogP contribution in [0.5, 0.6) is 5.75 Å². The van der Waals surface area contributed by atoms with Gasteiger partial charge in [0.2, 0.25) is 0 Å². The molecular formula is C17H25NO3. The summed E-state index contributed by atoms with van der Waals surface area (Å²) in [5, 5.41) is 0. The van der Waals surface area contributed by atoms with Crippen molar-refractivity contribution >= 4 is 5.91 Å². The van der Waals surface area contributed by atoms with Gasteiger partial charge in [0.05, 0.1) is 12.2 Å². The topological polar surface area (TPSA) is 38.8 Å². The predicted octanol–water partition coefficient (Wildman–Crippen LogP) is 2.79. The number of hydrogen-bond donors (Lipinski definition) is 0. The summed E-state index contributed by atoms with van der Waals surface area (Å²) in [6.07, 6.45) is 0.125. The third kappa shape index (κ3) is 3.97. The first-order chi connectivity index (χ1) is 9.78. The van der Waals surface area contributed by atoms with E-state index >= 15 is 0 Å². The lowest BCUT2D eigenvalue weighted by atomic mass is 10.1. The molecule has 4 nitrogen and oxygen atoms in total. The van der Waals surface area contributed by atoms with Crippen molar-refractivity contribution in [1.29, 1.82) is 0 Å². The SMILES string of the molecule is Cc1cccc(OC(C)(C)C(=O)N2C[C@@H](C)O[C@H](C)C2)c1. The van der Waals surface area contributed by atoms with Crippen LogP contribution in [0.4, 0.5) is 0 Å². The van der Waals surface area contributed by atoms with Crippen molar-refractivity contribution in [3.8, 4) is 5.75 Å². The highest BCUT2D eigenvalue weighted by Gasteiger charge is 2.37. The Kier molecular flexibility index (Phi) is 4.57. The minimum Gasteiger partial charge on any atom is -0.478 e. The quantitative estimate of drug-likeness (QED) is 0.859. The molecule has 2 rings (SSSR count). The van der Waals surface area contributed by atoms with Crippen molar-refractivity contribution in [3.63, 3.8) is 0 Å². The van der Waals surface area contributed by atoms with E-state index in [1.54, 1.807) is 0 Å². The molecule has 0 saturated carbocycles. The average Bonchev–Trinajstić information content (AvgIpc) is 2.36. The molecule has 1 aromatic carbocycles. The number of amides is 1. The Morgan fingerprint density at radius 2 is 1.90 bits per heavy atom. The molecule has 116 valence electrons. The third-order valence-electron chi connectivity index (χ3n) is 3.58. The largest absolute Gasteiger partial charge is 0.478 e. The van der Waals surface area contributed by atoms with E-state index < -0.39 is 5.60 Å². The summed E-state index contributed by atoms with van der Waals surface area (Å²) < 4.78 is 11.6. The molecule has 2 atom stereocenters. The van der Waals surface area contributed by atoms with Crippen molar-refractivity contribution in [2.75, 3.05) is 13.1 Å². The van der Waals surface area contributed by atoms with E-state index in [0.29, 0.717) is 13.1 Å². The molecule has 1 fully saturated rings. The zero-order valence-corrected chi connectivity index (χ0v) is 13.6. The highest BCUT2D eigenvalue weighted by Crippen LogP contribution is 2.23. The van der Waals surface area contributed by atoms with Gasteiger partial charge in [0.1, 0.15) is 5.75 Å². The second-order valence-electron chi connectivity index (χ2n) is 6.40. The Bertz CT molecular complexity index is 503. The van der Waals surface area contributed by atoms with Gasteiger partial charge in [-0.15, -0.1) is 0 Å². The van der Waals surface area contributed by atoms with Gasteiger partial charge >= 0.3 is 0 Å². The number of nitrogens with zero attached hydrogens (tertiary/aromatic N) is 1. The number of hydrogen-bond acceptors (Lipinski definition) is 3. The van der Waals surface area contributed by atoms with E-state index in [1.807, 2.05) is 63.8 Å². The lowest BCUT2D eigenvalue weighted by Crippen LogP contribution is -2.55. The molecule has 0 bridgehead atoms. The van der Waals surface area contributed by atoms with E-state index in [2.05, 4.69) is 0 Å². The Labute approximate surface area is 127 Å². The first-order valence-electron chi connectivity index (χ1n) is 7.48. The molecule has 1 aromatic rings. The zero-order valence-electron chi connectivity index (χ0n) is 13.6. The summed E-state index contributed by atoms with van der Waals surface area (Å²) in [6.45, 7) is 10.9. The zero-order chi connectivity index (χ0) is 15.6. The standard InChI is InChI=1S/C17H25NO3/c1-12-7-6-8-15(9-12)21-17(4,5)16(19)18-10-13(2)20-14(3)11-18/h6-9,13-14H,10-11H2,1-5H3/t13-,14-/m1/s1. The molecule has 1 heterocycles. The maximum atomic E-state index is 12.7. The van der Waals surface area contributed by atoms with Crippen molar-refractivity contribution in [1.82, 2.24) is 4.90 Å². The molecule has 0 spiro atoms. The minimum atomic E-state index is -0.884. The average molecular weight is 291 g/mol. The second-order valence-corrected chi connectivity index (χ2v) is 6.40. The number of carbonyl (C=O) groups is 1. The van der Waals surface area contributed by atoms with E-state index in [-0.39, 0.29) is 18.1 Å². The van der Waals surface area contributed by atoms with Gasteiger partial charge in [-0.1, -0.05) is 12.1 Å². The minimum absolute atomic E-state index is 0.00556. The highest BCUT2D eigenvalue weighted by atomic mass is 16.5. The molecule has 1 aliphatic rings. The molecule has 0 aliphatic carbocycles. The van der Waals surface area contributed by atoms with Crippen LogP contribution in [0.2, 0.25) is 0 Å². The maximum absolute atomic E-state index is 12.7. The van der Waals surface area contributed by atoms with Gasteiger partial charge < -0.3 is 14.4 Å². The fourth-order valence-corrected chi connectivity index (χ4v) is 2.74. The lowest BCUT2D eigenvalue weighted by Gasteiger charge is -2.39. The third-order valence-corrected chi connectivity index (χ3v) is 3.58. The smallest absolute Gasteiger partial charge is 0.266 e.